The van der Waals surface area contributed by atoms with E-state index in [1.54, 1.807) is 5.06 Å². The summed E-state index contributed by atoms with van der Waals surface area (Å²) in [5.74, 6) is -0.183. The van der Waals surface area contributed by atoms with Crippen LogP contribution in [-0.4, -0.2) is 30.2 Å². The quantitative estimate of drug-likeness (QED) is 0.720. The van der Waals surface area contributed by atoms with E-state index in [9.17, 15) is 4.79 Å². The highest BCUT2D eigenvalue weighted by atomic mass is 16.7. The molecule has 0 saturated carbocycles. The average Bonchev–Trinajstić information content (AvgIpc) is 2.50. The van der Waals surface area contributed by atoms with E-state index in [1.165, 1.54) is 0 Å². The van der Waals surface area contributed by atoms with E-state index < -0.39 is 5.41 Å². The van der Waals surface area contributed by atoms with Crippen LogP contribution in [0.4, 0.5) is 0 Å². The Morgan fingerprint density at radius 3 is 2.71 bits per heavy atom. The molecule has 0 bridgehead atoms. The Kier molecular flexibility index (Phi) is 3.50. The third-order valence-electron chi connectivity index (χ3n) is 2.41. The molecule has 4 heteroatoms. The Balaban J connectivity index is 2.48. The Labute approximate surface area is 85.3 Å². The molecule has 1 saturated heterocycles. The molecule has 0 unspecified atom stereocenters. The molecule has 0 aromatic carbocycles. The first-order valence-corrected chi connectivity index (χ1v) is 5.14. The van der Waals surface area contributed by atoms with Gasteiger partial charge in [-0.25, -0.2) is 4.79 Å². The van der Waals surface area contributed by atoms with Crippen molar-refractivity contribution in [3.63, 3.8) is 0 Å². The van der Waals surface area contributed by atoms with Crippen LogP contribution >= 0.6 is 0 Å². The largest absolute Gasteiger partial charge is 0.367 e. The van der Waals surface area contributed by atoms with E-state index in [1.807, 2.05) is 20.8 Å². The van der Waals surface area contributed by atoms with Gasteiger partial charge < -0.3 is 10.6 Å². The van der Waals surface area contributed by atoms with Crippen molar-refractivity contribution < 1.29 is 9.63 Å². The Morgan fingerprint density at radius 1 is 1.57 bits per heavy atom. The minimum absolute atomic E-state index is 0.183. The van der Waals surface area contributed by atoms with Crippen molar-refractivity contribution >= 4 is 5.97 Å². The lowest BCUT2D eigenvalue weighted by molar-refractivity contribution is -0.203. The van der Waals surface area contributed by atoms with Crippen LogP contribution in [0.5, 0.6) is 0 Å². The minimum Gasteiger partial charge on any atom is -0.367 e. The average molecular weight is 200 g/mol. The summed E-state index contributed by atoms with van der Waals surface area (Å²) in [6, 6.07) is 0.210. The summed E-state index contributed by atoms with van der Waals surface area (Å²) in [6.45, 7) is 6.91. The molecule has 1 aliphatic rings. The highest BCUT2D eigenvalue weighted by Crippen LogP contribution is 2.21. The molecule has 1 rings (SSSR count). The monoisotopic (exact) mass is 200 g/mol. The highest BCUT2D eigenvalue weighted by Gasteiger charge is 2.31. The zero-order valence-corrected chi connectivity index (χ0v) is 9.25. The molecule has 0 amide bonds. The number of nitrogens with two attached hydrogens (primary N) is 1. The van der Waals surface area contributed by atoms with E-state index in [0.29, 0.717) is 6.54 Å². The SMILES string of the molecule is CC(C)(C)C(=O)ON1CCC[C@H]1CN. The maximum absolute atomic E-state index is 11.6. The van der Waals surface area contributed by atoms with E-state index >= 15 is 0 Å². The summed E-state index contributed by atoms with van der Waals surface area (Å²) in [7, 11) is 0. The van der Waals surface area contributed by atoms with Crippen molar-refractivity contribution in [3.8, 4) is 0 Å². The molecule has 0 aromatic rings. The third kappa shape index (κ3) is 2.69. The van der Waals surface area contributed by atoms with Crippen LogP contribution < -0.4 is 5.73 Å². The van der Waals surface area contributed by atoms with Crippen LogP contribution in [0, 0.1) is 5.41 Å². The fourth-order valence-electron chi connectivity index (χ4n) is 1.41. The Hall–Kier alpha value is -0.610. The zero-order chi connectivity index (χ0) is 10.8. The molecule has 1 atom stereocenters. The number of hydrogen-bond acceptors (Lipinski definition) is 4. The van der Waals surface area contributed by atoms with Gasteiger partial charge in [-0.2, -0.15) is 0 Å². The fourth-order valence-corrected chi connectivity index (χ4v) is 1.41. The molecule has 0 radical (unpaired) electrons. The summed E-state index contributed by atoms with van der Waals surface area (Å²) in [5, 5.41) is 1.73. The topological polar surface area (TPSA) is 55.6 Å². The minimum atomic E-state index is -0.443. The highest BCUT2D eigenvalue weighted by molar-refractivity contribution is 5.75. The van der Waals surface area contributed by atoms with Crippen molar-refractivity contribution in [1.82, 2.24) is 5.06 Å². The van der Waals surface area contributed by atoms with Gasteiger partial charge in [-0.1, -0.05) is 0 Å². The summed E-state index contributed by atoms with van der Waals surface area (Å²) >= 11 is 0. The molecule has 1 aliphatic heterocycles. The second kappa shape index (κ2) is 4.28. The second-order valence-corrected chi connectivity index (χ2v) is 4.80. The molecule has 0 aliphatic carbocycles. The van der Waals surface area contributed by atoms with Crippen LogP contribution in [0.25, 0.3) is 0 Å². The van der Waals surface area contributed by atoms with Crippen molar-refractivity contribution in [1.29, 1.82) is 0 Å². The van der Waals surface area contributed by atoms with Gasteiger partial charge in [0.15, 0.2) is 0 Å². The lowest BCUT2D eigenvalue weighted by atomic mass is 9.98. The van der Waals surface area contributed by atoms with Gasteiger partial charge in [0.1, 0.15) is 0 Å². The molecular formula is C10H20N2O2. The van der Waals surface area contributed by atoms with Gasteiger partial charge in [0.05, 0.1) is 11.5 Å². The molecule has 0 spiro atoms. The van der Waals surface area contributed by atoms with Crippen molar-refractivity contribution in [3.05, 3.63) is 0 Å². The molecule has 1 heterocycles. The Bertz CT molecular complexity index is 211. The molecular weight excluding hydrogens is 180 g/mol. The van der Waals surface area contributed by atoms with Crippen LogP contribution in [0.3, 0.4) is 0 Å². The zero-order valence-electron chi connectivity index (χ0n) is 9.25. The molecule has 14 heavy (non-hydrogen) atoms. The number of hydroxylamine groups is 2. The molecule has 1 fully saturated rings. The first kappa shape index (κ1) is 11.5. The number of rotatable bonds is 2. The van der Waals surface area contributed by atoms with E-state index in [4.69, 9.17) is 10.6 Å². The van der Waals surface area contributed by atoms with Gasteiger partial charge in [-0.15, -0.1) is 5.06 Å². The molecule has 82 valence electrons. The maximum atomic E-state index is 11.6. The first-order chi connectivity index (χ1) is 6.45. The molecule has 2 N–H and O–H groups in total. The second-order valence-electron chi connectivity index (χ2n) is 4.80. The standard InChI is InChI=1S/C10H20N2O2/c1-10(2,3)9(13)14-12-6-4-5-8(12)7-11/h8H,4-7,11H2,1-3H3/t8-/m0/s1. The number of carbonyl (C=O) groups excluding carboxylic acids is 1. The summed E-state index contributed by atoms with van der Waals surface area (Å²) in [5.41, 5.74) is 5.13. The predicted molar refractivity (Wildman–Crippen MR) is 54.3 cm³/mol. The van der Waals surface area contributed by atoms with Gasteiger partial charge in [0.25, 0.3) is 0 Å². The number of nitrogens with zero attached hydrogens (tertiary/aromatic N) is 1. The number of carbonyl (C=O) groups is 1. The van der Waals surface area contributed by atoms with Gasteiger partial charge in [-0.3, -0.25) is 0 Å². The first-order valence-electron chi connectivity index (χ1n) is 5.14. The van der Waals surface area contributed by atoms with Gasteiger partial charge in [-0.05, 0) is 33.6 Å². The normalized spacial score (nSPS) is 23.9. The van der Waals surface area contributed by atoms with Crippen molar-refractivity contribution in [2.24, 2.45) is 11.1 Å². The molecule has 0 aromatic heterocycles. The maximum Gasteiger partial charge on any atom is 0.330 e. The van der Waals surface area contributed by atoms with Crippen LogP contribution in [0.2, 0.25) is 0 Å². The van der Waals surface area contributed by atoms with Crippen LogP contribution in [0.1, 0.15) is 33.6 Å². The predicted octanol–water partition coefficient (Wildman–Crippen LogP) is 0.914. The Morgan fingerprint density at radius 2 is 2.21 bits per heavy atom. The van der Waals surface area contributed by atoms with Gasteiger partial charge in [0, 0.05) is 13.1 Å². The van der Waals surface area contributed by atoms with E-state index in [0.717, 1.165) is 19.4 Å². The van der Waals surface area contributed by atoms with Crippen molar-refractivity contribution in [2.75, 3.05) is 13.1 Å². The summed E-state index contributed by atoms with van der Waals surface area (Å²) < 4.78 is 0. The van der Waals surface area contributed by atoms with Gasteiger partial charge in [0.2, 0.25) is 0 Å². The fraction of sp³-hybridized carbons (Fsp3) is 0.900. The third-order valence-corrected chi connectivity index (χ3v) is 2.41. The smallest absolute Gasteiger partial charge is 0.330 e. The summed E-state index contributed by atoms with van der Waals surface area (Å²) in [6.07, 6.45) is 2.08. The van der Waals surface area contributed by atoms with Crippen molar-refractivity contribution in [2.45, 2.75) is 39.7 Å². The van der Waals surface area contributed by atoms with Crippen LogP contribution in [0.15, 0.2) is 0 Å². The van der Waals surface area contributed by atoms with Gasteiger partial charge >= 0.3 is 5.97 Å². The van der Waals surface area contributed by atoms with E-state index in [2.05, 4.69) is 0 Å². The molecule has 4 nitrogen and oxygen atoms in total. The lowest BCUT2D eigenvalue weighted by Crippen LogP contribution is -2.39. The van der Waals surface area contributed by atoms with Crippen LogP contribution in [-0.2, 0) is 9.63 Å². The lowest BCUT2D eigenvalue weighted by Gasteiger charge is -2.25. The summed E-state index contributed by atoms with van der Waals surface area (Å²) in [4.78, 5) is 16.9. The number of hydrogen-bond donors (Lipinski definition) is 1. The van der Waals surface area contributed by atoms with E-state index in [-0.39, 0.29) is 12.0 Å².